The minimum atomic E-state index is -3.16. The maximum Gasteiger partial charge on any atom is 0.387 e. The number of nitrogens with one attached hydrogen (secondary N) is 1. The van der Waals surface area contributed by atoms with Crippen LogP contribution in [-0.4, -0.2) is 32.2 Å². The van der Waals surface area contributed by atoms with Gasteiger partial charge in [-0.3, -0.25) is 4.79 Å². The highest BCUT2D eigenvalue weighted by Crippen LogP contribution is 2.33. The molecule has 26 heavy (non-hydrogen) atoms. The average molecular weight is 430 g/mol. The molecule has 0 spiro atoms. The van der Waals surface area contributed by atoms with E-state index in [0.29, 0.717) is 10.2 Å². The standard InChI is InChI=1S/C17H14BrF2NO5/c1-24-13-8-4-5-10(15(13)26-17(19)20)16(23)25-9-14(22)21-12-7-3-2-6-11(12)18/h2-8,17H,9H2,1H3,(H,21,22). The van der Waals surface area contributed by atoms with Crippen molar-refractivity contribution in [2.75, 3.05) is 19.0 Å². The number of ether oxygens (including phenoxy) is 3. The molecule has 0 saturated heterocycles. The van der Waals surface area contributed by atoms with Crippen LogP contribution in [0.2, 0.25) is 0 Å². The first-order valence-corrected chi connectivity index (χ1v) is 8.05. The van der Waals surface area contributed by atoms with Gasteiger partial charge in [-0.25, -0.2) is 4.79 Å². The summed E-state index contributed by atoms with van der Waals surface area (Å²) in [4.78, 5) is 24.0. The Bertz CT molecular complexity index is 800. The van der Waals surface area contributed by atoms with E-state index >= 15 is 0 Å². The van der Waals surface area contributed by atoms with Crippen molar-refractivity contribution in [2.24, 2.45) is 0 Å². The predicted molar refractivity (Wildman–Crippen MR) is 92.7 cm³/mol. The average Bonchev–Trinajstić information content (AvgIpc) is 2.61. The van der Waals surface area contributed by atoms with Crippen molar-refractivity contribution in [3.8, 4) is 11.5 Å². The Labute approximate surface area is 156 Å². The summed E-state index contributed by atoms with van der Waals surface area (Å²) in [7, 11) is 1.24. The van der Waals surface area contributed by atoms with E-state index in [1.54, 1.807) is 24.3 Å². The van der Waals surface area contributed by atoms with E-state index in [4.69, 9.17) is 9.47 Å². The molecule has 0 unspecified atom stereocenters. The summed E-state index contributed by atoms with van der Waals surface area (Å²) in [6.07, 6.45) is 0. The molecule has 2 rings (SSSR count). The second-order valence-electron chi connectivity index (χ2n) is 4.82. The molecule has 0 aromatic heterocycles. The summed E-state index contributed by atoms with van der Waals surface area (Å²) < 4.78 is 39.9. The molecule has 0 bridgehead atoms. The number of amides is 1. The number of alkyl halides is 2. The van der Waals surface area contributed by atoms with E-state index in [1.807, 2.05) is 0 Å². The van der Waals surface area contributed by atoms with Gasteiger partial charge in [0.25, 0.3) is 5.91 Å². The first-order valence-electron chi connectivity index (χ1n) is 7.25. The van der Waals surface area contributed by atoms with Gasteiger partial charge in [-0.2, -0.15) is 8.78 Å². The molecule has 0 aliphatic heterocycles. The molecule has 2 aromatic carbocycles. The fourth-order valence-electron chi connectivity index (χ4n) is 2.01. The fourth-order valence-corrected chi connectivity index (χ4v) is 2.39. The Hall–Kier alpha value is -2.68. The molecule has 2 aromatic rings. The number of hydrogen-bond acceptors (Lipinski definition) is 5. The Balaban J connectivity index is 2.06. The van der Waals surface area contributed by atoms with Crippen LogP contribution in [0, 0.1) is 0 Å². The minimum absolute atomic E-state index is 0.0579. The first kappa shape index (κ1) is 19.6. The third-order valence-corrected chi connectivity index (χ3v) is 3.80. The largest absolute Gasteiger partial charge is 0.493 e. The van der Waals surface area contributed by atoms with E-state index in [0.717, 1.165) is 0 Å². The fraction of sp³-hybridized carbons (Fsp3) is 0.176. The second-order valence-corrected chi connectivity index (χ2v) is 5.67. The number of methoxy groups -OCH3 is 1. The highest BCUT2D eigenvalue weighted by Gasteiger charge is 2.22. The topological polar surface area (TPSA) is 73.9 Å². The molecular formula is C17H14BrF2NO5. The maximum atomic E-state index is 12.6. The van der Waals surface area contributed by atoms with Crippen LogP contribution in [0.25, 0.3) is 0 Å². The molecule has 9 heteroatoms. The molecule has 0 saturated carbocycles. The maximum absolute atomic E-state index is 12.6. The van der Waals surface area contributed by atoms with Crippen molar-refractivity contribution in [1.82, 2.24) is 0 Å². The zero-order valence-corrected chi connectivity index (χ0v) is 15.1. The van der Waals surface area contributed by atoms with E-state index in [-0.39, 0.29) is 11.3 Å². The van der Waals surface area contributed by atoms with Crippen molar-refractivity contribution in [1.29, 1.82) is 0 Å². The Kier molecular flexibility index (Phi) is 6.90. The predicted octanol–water partition coefficient (Wildman–Crippen LogP) is 3.85. The normalized spacial score (nSPS) is 10.3. The Morgan fingerprint density at radius 3 is 2.54 bits per heavy atom. The van der Waals surface area contributed by atoms with Gasteiger partial charge in [0.2, 0.25) is 0 Å². The minimum Gasteiger partial charge on any atom is -0.493 e. The van der Waals surface area contributed by atoms with Gasteiger partial charge >= 0.3 is 12.6 Å². The number of benzene rings is 2. The van der Waals surface area contributed by atoms with Gasteiger partial charge in [-0.15, -0.1) is 0 Å². The number of carbonyl (C=O) groups is 2. The lowest BCUT2D eigenvalue weighted by atomic mass is 10.2. The highest BCUT2D eigenvalue weighted by molar-refractivity contribution is 9.10. The van der Waals surface area contributed by atoms with Crippen LogP contribution in [0.4, 0.5) is 14.5 Å². The van der Waals surface area contributed by atoms with Gasteiger partial charge in [0, 0.05) is 4.47 Å². The summed E-state index contributed by atoms with van der Waals surface area (Å²) in [6.45, 7) is -3.76. The molecule has 0 fully saturated rings. The Morgan fingerprint density at radius 1 is 1.15 bits per heavy atom. The summed E-state index contributed by atoms with van der Waals surface area (Å²) in [5.74, 6) is -2.11. The van der Waals surface area contributed by atoms with E-state index in [2.05, 4.69) is 26.0 Å². The van der Waals surface area contributed by atoms with Gasteiger partial charge in [0.05, 0.1) is 12.8 Å². The van der Waals surface area contributed by atoms with Crippen LogP contribution < -0.4 is 14.8 Å². The summed E-state index contributed by atoms with van der Waals surface area (Å²) in [6, 6.07) is 10.9. The van der Waals surface area contributed by atoms with Crippen molar-refractivity contribution in [3.05, 3.63) is 52.5 Å². The summed E-state index contributed by atoms with van der Waals surface area (Å²) in [5, 5.41) is 2.55. The number of rotatable bonds is 7. The van der Waals surface area contributed by atoms with Gasteiger partial charge < -0.3 is 19.5 Å². The van der Waals surface area contributed by atoms with E-state index < -0.39 is 30.8 Å². The molecule has 0 radical (unpaired) electrons. The van der Waals surface area contributed by atoms with Crippen LogP contribution in [0.5, 0.6) is 11.5 Å². The Morgan fingerprint density at radius 2 is 1.88 bits per heavy atom. The van der Waals surface area contributed by atoms with Crippen LogP contribution in [-0.2, 0) is 9.53 Å². The number of anilines is 1. The lowest BCUT2D eigenvalue weighted by Crippen LogP contribution is -2.21. The number of esters is 1. The zero-order valence-electron chi connectivity index (χ0n) is 13.5. The molecule has 0 atom stereocenters. The number of halogens is 3. The summed E-state index contributed by atoms with van der Waals surface area (Å²) in [5.41, 5.74) is 0.218. The monoisotopic (exact) mass is 429 g/mol. The summed E-state index contributed by atoms with van der Waals surface area (Å²) >= 11 is 3.27. The highest BCUT2D eigenvalue weighted by atomic mass is 79.9. The van der Waals surface area contributed by atoms with Gasteiger partial charge in [-0.1, -0.05) is 18.2 Å². The molecule has 6 nitrogen and oxygen atoms in total. The van der Waals surface area contributed by atoms with Crippen LogP contribution >= 0.6 is 15.9 Å². The number of carbonyl (C=O) groups excluding carboxylic acids is 2. The third kappa shape index (κ3) is 5.16. The molecule has 0 aliphatic rings. The van der Waals surface area contributed by atoms with Crippen LogP contribution in [0.3, 0.4) is 0 Å². The third-order valence-electron chi connectivity index (χ3n) is 3.11. The van der Waals surface area contributed by atoms with Crippen LogP contribution in [0.15, 0.2) is 46.9 Å². The van der Waals surface area contributed by atoms with E-state index in [1.165, 1.54) is 25.3 Å². The molecular weight excluding hydrogens is 416 g/mol. The molecule has 138 valence electrons. The van der Waals surface area contributed by atoms with Crippen molar-refractivity contribution in [3.63, 3.8) is 0 Å². The SMILES string of the molecule is COc1cccc(C(=O)OCC(=O)Nc2ccccc2Br)c1OC(F)F. The smallest absolute Gasteiger partial charge is 0.387 e. The van der Waals surface area contributed by atoms with E-state index in [9.17, 15) is 18.4 Å². The molecule has 1 N–H and O–H groups in total. The lowest BCUT2D eigenvalue weighted by molar-refractivity contribution is -0.119. The number of para-hydroxylation sites is 2. The number of hydrogen-bond donors (Lipinski definition) is 1. The molecule has 0 aliphatic carbocycles. The van der Waals surface area contributed by atoms with Gasteiger partial charge in [0.1, 0.15) is 5.56 Å². The van der Waals surface area contributed by atoms with Crippen molar-refractivity contribution >= 4 is 33.5 Å². The van der Waals surface area contributed by atoms with Crippen molar-refractivity contribution < 1.29 is 32.6 Å². The van der Waals surface area contributed by atoms with Crippen LogP contribution in [0.1, 0.15) is 10.4 Å². The lowest BCUT2D eigenvalue weighted by Gasteiger charge is -2.14. The quantitative estimate of drug-likeness (QED) is 0.676. The molecule has 0 heterocycles. The second kappa shape index (κ2) is 9.14. The van der Waals surface area contributed by atoms with Gasteiger partial charge in [0.15, 0.2) is 18.1 Å². The first-order chi connectivity index (χ1) is 12.4. The zero-order chi connectivity index (χ0) is 19.1. The van der Waals surface area contributed by atoms with Gasteiger partial charge in [-0.05, 0) is 40.2 Å². The molecule has 1 amide bonds. The van der Waals surface area contributed by atoms with Crippen molar-refractivity contribution in [2.45, 2.75) is 6.61 Å².